The van der Waals surface area contributed by atoms with Gasteiger partial charge in [-0.05, 0) is 53.3 Å². The second-order valence-electron chi connectivity index (χ2n) is 7.53. The molecule has 2 aromatic rings. The number of benzene rings is 2. The smallest absolute Gasteiger partial charge is 0.339 e. The van der Waals surface area contributed by atoms with Gasteiger partial charge in [0.15, 0.2) is 0 Å². The maximum atomic E-state index is 12.7. The summed E-state index contributed by atoms with van der Waals surface area (Å²) in [5.74, 6) is 0.248. The Morgan fingerprint density at radius 1 is 1.12 bits per heavy atom. The maximum absolute atomic E-state index is 12.7. The molecule has 26 heavy (non-hydrogen) atoms. The molecule has 1 aliphatic rings. The van der Waals surface area contributed by atoms with E-state index in [4.69, 9.17) is 4.18 Å². The second kappa shape index (κ2) is 6.43. The predicted molar refractivity (Wildman–Crippen MR) is 101 cm³/mol. The Kier molecular flexibility index (Phi) is 4.56. The zero-order chi connectivity index (χ0) is 19.1. The first-order chi connectivity index (χ1) is 12.1. The Morgan fingerprint density at radius 3 is 2.50 bits per heavy atom. The lowest BCUT2D eigenvalue weighted by Gasteiger charge is -2.19. The summed E-state index contributed by atoms with van der Waals surface area (Å²) in [4.78, 5) is 13.4. The Labute approximate surface area is 154 Å². The van der Waals surface area contributed by atoms with E-state index in [-0.39, 0.29) is 16.2 Å². The van der Waals surface area contributed by atoms with Gasteiger partial charge in [-0.3, -0.25) is 4.79 Å². The van der Waals surface area contributed by atoms with Crippen LogP contribution in [0, 0.1) is 0 Å². The predicted octanol–water partition coefficient (Wildman–Crippen LogP) is 3.66. The molecule has 1 heterocycles. The van der Waals surface area contributed by atoms with Crippen LogP contribution in [-0.4, -0.2) is 20.9 Å². The van der Waals surface area contributed by atoms with Crippen LogP contribution in [0.3, 0.4) is 0 Å². The highest BCUT2D eigenvalue weighted by Gasteiger charge is 2.26. The monoisotopic (exact) mass is 373 g/mol. The van der Waals surface area contributed by atoms with Gasteiger partial charge in [0, 0.05) is 19.2 Å². The normalized spacial score (nSPS) is 14.2. The van der Waals surface area contributed by atoms with E-state index in [1.165, 1.54) is 13.0 Å². The molecule has 0 spiro atoms. The molecular weight excluding hydrogens is 350 g/mol. The second-order valence-corrected chi connectivity index (χ2v) is 9.07. The van der Waals surface area contributed by atoms with Gasteiger partial charge in [-0.1, -0.05) is 32.9 Å². The van der Waals surface area contributed by atoms with Crippen LogP contribution in [0.5, 0.6) is 5.75 Å². The maximum Gasteiger partial charge on any atom is 0.339 e. The summed E-state index contributed by atoms with van der Waals surface area (Å²) in [5, 5.41) is 0. The van der Waals surface area contributed by atoms with E-state index in [2.05, 4.69) is 20.8 Å². The van der Waals surface area contributed by atoms with Crippen LogP contribution >= 0.6 is 0 Å². The van der Waals surface area contributed by atoms with Gasteiger partial charge in [0.05, 0.1) is 0 Å². The Morgan fingerprint density at radius 2 is 1.85 bits per heavy atom. The molecule has 0 aromatic heterocycles. The van der Waals surface area contributed by atoms with E-state index < -0.39 is 10.1 Å². The van der Waals surface area contributed by atoms with Crippen molar-refractivity contribution in [1.82, 2.24) is 0 Å². The van der Waals surface area contributed by atoms with E-state index in [9.17, 15) is 13.2 Å². The Hall–Kier alpha value is -2.34. The fourth-order valence-corrected chi connectivity index (χ4v) is 4.02. The van der Waals surface area contributed by atoms with Crippen LogP contribution in [0.15, 0.2) is 47.4 Å². The highest BCUT2D eigenvalue weighted by Crippen LogP contribution is 2.32. The SMILES string of the molecule is CC(=O)N1CCc2cc(S(=O)(=O)Oc3cccc(C(C)(C)C)c3)ccc21. The Bertz CT molecular complexity index is 958. The molecule has 0 bridgehead atoms. The van der Waals surface area contributed by atoms with Crippen LogP contribution in [0.25, 0.3) is 0 Å². The number of amides is 1. The summed E-state index contributed by atoms with van der Waals surface area (Å²) in [6.45, 7) is 8.25. The molecule has 5 nitrogen and oxygen atoms in total. The standard InChI is InChI=1S/C20H23NO4S/c1-14(22)21-11-10-15-12-18(8-9-19(15)21)26(23,24)25-17-7-5-6-16(13-17)20(2,3)4/h5-9,12-13H,10-11H2,1-4H3. The molecule has 0 radical (unpaired) electrons. The summed E-state index contributed by atoms with van der Waals surface area (Å²) < 4.78 is 30.7. The van der Waals surface area contributed by atoms with E-state index in [1.54, 1.807) is 35.2 Å². The average molecular weight is 373 g/mol. The van der Waals surface area contributed by atoms with Gasteiger partial charge in [-0.15, -0.1) is 0 Å². The number of hydrogen-bond donors (Lipinski definition) is 0. The molecule has 2 aromatic carbocycles. The topological polar surface area (TPSA) is 63.7 Å². The zero-order valence-corrected chi connectivity index (χ0v) is 16.3. The lowest BCUT2D eigenvalue weighted by Crippen LogP contribution is -2.25. The van der Waals surface area contributed by atoms with Crippen LogP contribution in [0.4, 0.5) is 5.69 Å². The van der Waals surface area contributed by atoms with Gasteiger partial charge in [0.25, 0.3) is 0 Å². The van der Waals surface area contributed by atoms with Crippen LogP contribution < -0.4 is 9.08 Å². The average Bonchev–Trinajstić information content (AvgIpc) is 2.97. The molecule has 0 saturated heterocycles. The van der Waals surface area contributed by atoms with E-state index in [1.807, 2.05) is 6.07 Å². The van der Waals surface area contributed by atoms with Crippen molar-refractivity contribution in [3.63, 3.8) is 0 Å². The van der Waals surface area contributed by atoms with Crippen molar-refractivity contribution in [2.24, 2.45) is 0 Å². The fourth-order valence-electron chi connectivity index (χ4n) is 3.05. The minimum absolute atomic E-state index is 0.0467. The van der Waals surface area contributed by atoms with Gasteiger partial charge in [0.1, 0.15) is 10.6 Å². The summed E-state index contributed by atoms with van der Waals surface area (Å²) in [7, 11) is -3.94. The summed E-state index contributed by atoms with van der Waals surface area (Å²) in [6, 6.07) is 11.9. The molecule has 1 aliphatic heterocycles. The van der Waals surface area contributed by atoms with Gasteiger partial charge in [-0.25, -0.2) is 0 Å². The van der Waals surface area contributed by atoms with Gasteiger partial charge in [0.2, 0.25) is 5.91 Å². The molecule has 0 unspecified atom stereocenters. The third kappa shape index (κ3) is 3.60. The highest BCUT2D eigenvalue weighted by molar-refractivity contribution is 7.87. The summed E-state index contributed by atoms with van der Waals surface area (Å²) in [6.07, 6.45) is 0.637. The van der Waals surface area contributed by atoms with Crippen molar-refractivity contribution in [1.29, 1.82) is 0 Å². The molecule has 6 heteroatoms. The van der Waals surface area contributed by atoms with Crippen LogP contribution in [-0.2, 0) is 26.7 Å². The molecule has 0 fully saturated rings. The molecule has 0 N–H and O–H groups in total. The molecule has 0 atom stereocenters. The van der Waals surface area contributed by atoms with Crippen molar-refractivity contribution >= 4 is 21.7 Å². The summed E-state index contributed by atoms with van der Waals surface area (Å²) >= 11 is 0. The summed E-state index contributed by atoms with van der Waals surface area (Å²) in [5.41, 5.74) is 2.50. The quantitative estimate of drug-likeness (QED) is 0.770. The van der Waals surface area contributed by atoms with E-state index >= 15 is 0 Å². The third-order valence-corrected chi connectivity index (χ3v) is 5.76. The highest BCUT2D eigenvalue weighted by atomic mass is 32.2. The molecular formula is C20H23NO4S. The lowest BCUT2D eigenvalue weighted by atomic mass is 9.87. The minimum Gasteiger partial charge on any atom is -0.379 e. The molecule has 138 valence electrons. The van der Waals surface area contributed by atoms with Crippen molar-refractivity contribution in [2.45, 2.75) is 44.4 Å². The molecule has 3 rings (SSSR count). The fraction of sp³-hybridized carbons (Fsp3) is 0.350. The largest absolute Gasteiger partial charge is 0.379 e. The number of nitrogens with zero attached hydrogens (tertiary/aromatic N) is 1. The van der Waals surface area contributed by atoms with Gasteiger partial charge < -0.3 is 9.08 Å². The molecule has 1 amide bonds. The van der Waals surface area contributed by atoms with E-state index in [0.29, 0.717) is 18.7 Å². The van der Waals surface area contributed by atoms with Crippen LogP contribution in [0.1, 0.15) is 38.8 Å². The Balaban J connectivity index is 1.89. The third-order valence-electron chi connectivity index (χ3n) is 4.52. The van der Waals surface area contributed by atoms with E-state index in [0.717, 1.165) is 16.8 Å². The molecule has 0 saturated carbocycles. The zero-order valence-electron chi connectivity index (χ0n) is 15.4. The van der Waals surface area contributed by atoms with Crippen molar-refractivity contribution in [3.8, 4) is 5.75 Å². The first-order valence-electron chi connectivity index (χ1n) is 8.54. The van der Waals surface area contributed by atoms with Crippen molar-refractivity contribution in [3.05, 3.63) is 53.6 Å². The van der Waals surface area contributed by atoms with Crippen LogP contribution in [0.2, 0.25) is 0 Å². The van der Waals surface area contributed by atoms with Gasteiger partial charge in [-0.2, -0.15) is 8.42 Å². The van der Waals surface area contributed by atoms with Crippen molar-refractivity contribution in [2.75, 3.05) is 11.4 Å². The lowest BCUT2D eigenvalue weighted by molar-refractivity contribution is -0.116. The number of carbonyl (C=O) groups is 1. The minimum atomic E-state index is -3.94. The number of rotatable bonds is 3. The molecule has 0 aliphatic carbocycles. The van der Waals surface area contributed by atoms with Crippen molar-refractivity contribution < 1.29 is 17.4 Å². The number of fused-ring (bicyclic) bond motifs is 1. The number of hydrogen-bond acceptors (Lipinski definition) is 4. The first kappa shape index (κ1) is 18.5. The first-order valence-corrected chi connectivity index (χ1v) is 9.95. The number of carbonyl (C=O) groups excluding carboxylic acids is 1. The number of anilines is 1. The van der Waals surface area contributed by atoms with Gasteiger partial charge >= 0.3 is 10.1 Å².